The van der Waals surface area contributed by atoms with Crippen LogP contribution in [-0.2, 0) is 6.42 Å². The minimum Gasteiger partial charge on any atom is -0.296 e. The molecule has 0 aliphatic rings. The van der Waals surface area contributed by atoms with E-state index in [2.05, 4.69) is 12.0 Å². The molecule has 0 radical (unpaired) electrons. The average molecular weight is 200 g/mol. The Balaban J connectivity index is 2.58. The van der Waals surface area contributed by atoms with Crippen molar-refractivity contribution >= 4 is 6.29 Å². The molecule has 0 spiro atoms. The summed E-state index contributed by atoms with van der Waals surface area (Å²) in [5.74, 6) is 0. The molecule has 0 fully saturated rings. The Morgan fingerprint density at radius 3 is 2.87 bits per heavy atom. The Bertz CT molecular complexity index is 474. The number of hydrogen-bond acceptors (Lipinski definition) is 2. The molecule has 3 nitrogen and oxygen atoms in total. The number of para-hydroxylation sites is 1. The van der Waals surface area contributed by atoms with E-state index in [1.807, 2.05) is 24.3 Å². The highest BCUT2D eigenvalue weighted by atomic mass is 16.1. The van der Waals surface area contributed by atoms with E-state index in [1.165, 1.54) is 5.56 Å². The maximum atomic E-state index is 10.8. The molecule has 0 aliphatic heterocycles. The van der Waals surface area contributed by atoms with Crippen molar-refractivity contribution in [3.8, 4) is 5.69 Å². The number of carbonyl (C=O) groups excluding carboxylic acids is 1. The number of carbonyl (C=O) groups is 1. The molecule has 1 aromatic heterocycles. The van der Waals surface area contributed by atoms with Gasteiger partial charge in [-0.05, 0) is 24.1 Å². The molecule has 0 N–H and O–H groups in total. The Morgan fingerprint density at radius 2 is 2.13 bits per heavy atom. The van der Waals surface area contributed by atoms with Crippen LogP contribution in [0.3, 0.4) is 0 Å². The number of nitrogens with zero attached hydrogens (tertiary/aromatic N) is 2. The molecule has 1 aromatic carbocycles. The molecule has 0 amide bonds. The van der Waals surface area contributed by atoms with Crippen molar-refractivity contribution in [2.45, 2.75) is 13.3 Å². The second-order valence-corrected chi connectivity index (χ2v) is 3.27. The normalized spacial score (nSPS) is 10.2. The molecule has 76 valence electrons. The van der Waals surface area contributed by atoms with Gasteiger partial charge >= 0.3 is 0 Å². The highest BCUT2D eigenvalue weighted by Crippen LogP contribution is 2.15. The Hall–Kier alpha value is -1.90. The molecule has 0 bridgehead atoms. The van der Waals surface area contributed by atoms with Crippen molar-refractivity contribution in [1.82, 2.24) is 9.78 Å². The molecular weight excluding hydrogens is 188 g/mol. The molecule has 1 heterocycles. The molecule has 0 aliphatic carbocycles. The first kappa shape index (κ1) is 9.65. The fourth-order valence-electron chi connectivity index (χ4n) is 1.62. The number of aryl methyl sites for hydroxylation is 1. The maximum Gasteiger partial charge on any atom is 0.168 e. The highest BCUT2D eigenvalue weighted by Gasteiger charge is 2.06. The van der Waals surface area contributed by atoms with Gasteiger partial charge in [-0.1, -0.05) is 25.1 Å². The summed E-state index contributed by atoms with van der Waals surface area (Å²) in [6.45, 7) is 2.09. The van der Waals surface area contributed by atoms with Crippen molar-refractivity contribution in [3.63, 3.8) is 0 Å². The molecule has 2 aromatic rings. The number of aromatic nitrogens is 2. The molecule has 3 heteroatoms. The van der Waals surface area contributed by atoms with Crippen LogP contribution in [0.1, 0.15) is 23.0 Å². The average Bonchev–Trinajstić information content (AvgIpc) is 2.76. The quantitative estimate of drug-likeness (QED) is 0.712. The molecule has 0 saturated heterocycles. The summed E-state index contributed by atoms with van der Waals surface area (Å²) in [5, 5.41) is 4.15. The predicted molar refractivity (Wildman–Crippen MR) is 58.3 cm³/mol. The van der Waals surface area contributed by atoms with Gasteiger partial charge in [0.25, 0.3) is 0 Å². The molecule has 2 rings (SSSR count). The lowest BCUT2D eigenvalue weighted by Gasteiger charge is -2.08. The third kappa shape index (κ3) is 1.68. The van der Waals surface area contributed by atoms with E-state index in [-0.39, 0.29) is 0 Å². The van der Waals surface area contributed by atoms with Gasteiger partial charge in [0.15, 0.2) is 6.29 Å². The summed E-state index contributed by atoms with van der Waals surface area (Å²) >= 11 is 0. The SMILES string of the molecule is CCc1ccccc1-n1nccc1C=O. The van der Waals surface area contributed by atoms with Gasteiger partial charge in [-0.15, -0.1) is 0 Å². The lowest BCUT2D eigenvalue weighted by molar-refractivity contribution is 0.111. The number of benzene rings is 1. The lowest BCUT2D eigenvalue weighted by atomic mass is 10.1. The molecule has 0 unspecified atom stereocenters. The van der Waals surface area contributed by atoms with E-state index in [4.69, 9.17) is 0 Å². The Morgan fingerprint density at radius 1 is 1.33 bits per heavy atom. The van der Waals surface area contributed by atoms with Crippen LogP contribution in [-0.4, -0.2) is 16.1 Å². The van der Waals surface area contributed by atoms with Gasteiger partial charge in [-0.2, -0.15) is 5.10 Å². The highest BCUT2D eigenvalue weighted by molar-refractivity contribution is 5.73. The van der Waals surface area contributed by atoms with Crippen LogP contribution >= 0.6 is 0 Å². The van der Waals surface area contributed by atoms with Gasteiger partial charge in [0.05, 0.1) is 11.9 Å². The summed E-state index contributed by atoms with van der Waals surface area (Å²) < 4.78 is 1.67. The van der Waals surface area contributed by atoms with E-state index in [0.717, 1.165) is 18.4 Å². The second-order valence-electron chi connectivity index (χ2n) is 3.27. The van der Waals surface area contributed by atoms with Crippen molar-refractivity contribution < 1.29 is 4.79 Å². The van der Waals surface area contributed by atoms with E-state index in [1.54, 1.807) is 16.9 Å². The van der Waals surface area contributed by atoms with Crippen LogP contribution in [0.4, 0.5) is 0 Å². The second kappa shape index (κ2) is 4.09. The summed E-state index contributed by atoms with van der Waals surface area (Å²) in [6.07, 6.45) is 3.38. The monoisotopic (exact) mass is 200 g/mol. The zero-order valence-electron chi connectivity index (χ0n) is 8.55. The number of rotatable bonds is 3. The van der Waals surface area contributed by atoms with Crippen LogP contribution in [0.5, 0.6) is 0 Å². The van der Waals surface area contributed by atoms with Crippen LogP contribution in [0, 0.1) is 0 Å². The molecular formula is C12H12N2O. The van der Waals surface area contributed by atoms with Crippen LogP contribution in [0.25, 0.3) is 5.69 Å². The largest absolute Gasteiger partial charge is 0.296 e. The van der Waals surface area contributed by atoms with Gasteiger partial charge in [0.1, 0.15) is 5.69 Å². The third-order valence-corrected chi connectivity index (χ3v) is 2.39. The summed E-state index contributed by atoms with van der Waals surface area (Å²) in [7, 11) is 0. The van der Waals surface area contributed by atoms with Gasteiger partial charge < -0.3 is 0 Å². The first-order valence-corrected chi connectivity index (χ1v) is 4.94. The number of hydrogen-bond donors (Lipinski definition) is 0. The number of aldehydes is 1. The smallest absolute Gasteiger partial charge is 0.168 e. The summed E-state index contributed by atoms with van der Waals surface area (Å²) in [5.41, 5.74) is 2.74. The van der Waals surface area contributed by atoms with Crippen molar-refractivity contribution in [2.75, 3.05) is 0 Å². The van der Waals surface area contributed by atoms with E-state index < -0.39 is 0 Å². The minimum absolute atomic E-state index is 0.580. The fraction of sp³-hybridized carbons (Fsp3) is 0.167. The maximum absolute atomic E-state index is 10.8. The van der Waals surface area contributed by atoms with Gasteiger partial charge in [0, 0.05) is 0 Å². The minimum atomic E-state index is 0.580. The van der Waals surface area contributed by atoms with Crippen LogP contribution in [0.15, 0.2) is 36.5 Å². The van der Waals surface area contributed by atoms with Gasteiger partial charge in [-0.25, -0.2) is 4.68 Å². The zero-order valence-corrected chi connectivity index (χ0v) is 8.55. The van der Waals surface area contributed by atoms with Crippen molar-refractivity contribution in [3.05, 3.63) is 47.8 Å². The first-order valence-electron chi connectivity index (χ1n) is 4.94. The van der Waals surface area contributed by atoms with Gasteiger partial charge in [-0.3, -0.25) is 4.79 Å². The fourth-order valence-corrected chi connectivity index (χ4v) is 1.62. The van der Waals surface area contributed by atoms with Gasteiger partial charge in [0.2, 0.25) is 0 Å². The third-order valence-electron chi connectivity index (χ3n) is 2.39. The Labute approximate surface area is 88.4 Å². The van der Waals surface area contributed by atoms with E-state index >= 15 is 0 Å². The summed E-state index contributed by atoms with van der Waals surface area (Å²) in [4.78, 5) is 10.8. The molecule has 15 heavy (non-hydrogen) atoms. The van der Waals surface area contributed by atoms with Crippen molar-refractivity contribution in [2.24, 2.45) is 0 Å². The lowest BCUT2D eigenvalue weighted by Crippen LogP contribution is -2.04. The molecule has 0 atom stereocenters. The Kier molecular flexibility index (Phi) is 2.63. The van der Waals surface area contributed by atoms with Crippen LogP contribution in [0.2, 0.25) is 0 Å². The first-order chi connectivity index (χ1) is 7.36. The summed E-state index contributed by atoms with van der Waals surface area (Å²) in [6, 6.07) is 9.67. The predicted octanol–water partition coefficient (Wildman–Crippen LogP) is 2.25. The van der Waals surface area contributed by atoms with E-state index in [0.29, 0.717) is 5.69 Å². The zero-order chi connectivity index (χ0) is 10.7. The van der Waals surface area contributed by atoms with Crippen LogP contribution < -0.4 is 0 Å². The van der Waals surface area contributed by atoms with Crippen molar-refractivity contribution in [1.29, 1.82) is 0 Å². The molecule has 0 saturated carbocycles. The topological polar surface area (TPSA) is 34.9 Å². The standard InChI is InChI=1S/C12H12N2O/c1-2-10-5-3-4-6-12(10)14-11(9-15)7-8-13-14/h3-9H,2H2,1H3. The van der Waals surface area contributed by atoms with E-state index in [9.17, 15) is 4.79 Å².